The van der Waals surface area contributed by atoms with Gasteiger partial charge in [0, 0.05) is 6.04 Å². The molecule has 1 atom stereocenters. The van der Waals surface area contributed by atoms with Crippen LogP contribution in [-0.2, 0) is 4.79 Å². The molecule has 18 heavy (non-hydrogen) atoms. The van der Waals surface area contributed by atoms with Crippen molar-refractivity contribution >= 4 is 5.97 Å². The van der Waals surface area contributed by atoms with E-state index < -0.39 is 5.97 Å². The molecule has 0 spiro atoms. The molecule has 0 saturated carbocycles. The fourth-order valence-corrected chi connectivity index (χ4v) is 2.34. The molecular weight excluding hydrogens is 230 g/mol. The van der Waals surface area contributed by atoms with E-state index in [1.54, 1.807) is 14.2 Å². The SMILES string of the molecule is CNC(CC(=O)O)c1c(C)cc(OC)c(C)c1C. The first kappa shape index (κ1) is 14.5. The highest BCUT2D eigenvalue weighted by atomic mass is 16.5. The van der Waals surface area contributed by atoms with Crippen molar-refractivity contribution in [2.75, 3.05) is 14.2 Å². The van der Waals surface area contributed by atoms with E-state index in [0.717, 1.165) is 28.0 Å². The summed E-state index contributed by atoms with van der Waals surface area (Å²) >= 11 is 0. The summed E-state index contributed by atoms with van der Waals surface area (Å²) in [4.78, 5) is 10.9. The molecule has 1 unspecified atom stereocenters. The van der Waals surface area contributed by atoms with Gasteiger partial charge in [-0.2, -0.15) is 0 Å². The molecule has 0 aliphatic rings. The third kappa shape index (κ3) is 2.82. The molecule has 0 amide bonds. The standard InChI is InChI=1S/C14H21NO3/c1-8-6-12(18-5)9(2)10(3)14(8)11(15-4)7-13(16)17/h6,11,15H,7H2,1-5H3,(H,16,17). The summed E-state index contributed by atoms with van der Waals surface area (Å²) < 4.78 is 5.32. The summed E-state index contributed by atoms with van der Waals surface area (Å²) in [6.07, 6.45) is 0.0734. The van der Waals surface area contributed by atoms with Gasteiger partial charge in [0.25, 0.3) is 0 Å². The number of hydrogen-bond donors (Lipinski definition) is 2. The Morgan fingerprint density at radius 3 is 2.44 bits per heavy atom. The fourth-order valence-electron chi connectivity index (χ4n) is 2.34. The molecule has 1 aromatic rings. The van der Waals surface area contributed by atoms with Crippen LogP contribution in [0.15, 0.2) is 6.07 Å². The summed E-state index contributed by atoms with van der Waals surface area (Å²) in [5.41, 5.74) is 4.25. The van der Waals surface area contributed by atoms with E-state index in [1.165, 1.54) is 0 Å². The summed E-state index contributed by atoms with van der Waals surface area (Å²) in [5.74, 6) is 0.0422. The predicted octanol–water partition coefficient (Wildman–Crippen LogP) is 2.36. The second kappa shape index (κ2) is 5.87. The number of benzene rings is 1. The van der Waals surface area contributed by atoms with Crippen LogP contribution in [0.1, 0.15) is 34.7 Å². The normalized spacial score (nSPS) is 12.3. The summed E-state index contributed by atoms with van der Waals surface area (Å²) in [7, 11) is 3.43. The summed E-state index contributed by atoms with van der Waals surface area (Å²) in [5, 5.41) is 12.0. The molecule has 0 bridgehead atoms. The number of carboxylic acid groups (broad SMARTS) is 1. The number of rotatable bonds is 5. The van der Waals surface area contributed by atoms with E-state index >= 15 is 0 Å². The molecular formula is C14H21NO3. The molecule has 2 N–H and O–H groups in total. The maximum Gasteiger partial charge on any atom is 0.305 e. The first-order chi connectivity index (χ1) is 8.42. The van der Waals surface area contributed by atoms with Crippen LogP contribution in [0.25, 0.3) is 0 Å². The van der Waals surface area contributed by atoms with Crippen molar-refractivity contribution in [3.8, 4) is 5.75 Å². The zero-order valence-electron chi connectivity index (χ0n) is 11.6. The molecule has 1 aromatic carbocycles. The van der Waals surface area contributed by atoms with Gasteiger partial charge in [0.15, 0.2) is 0 Å². The topological polar surface area (TPSA) is 58.6 Å². The van der Waals surface area contributed by atoms with E-state index in [0.29, 0.717) is 0 Å². The van der Waals surface area contributed by atoms with Crippen LogP contribution in [0.2, 0.25) is 0 Å². The number of ether oxygens (including phenoxy) is 1. The van der Waals surface area contributed by atoms with Crippen molar-refractivity contribution in [1.82, 2.24) is 5.32 Å². The van der Waals surface area contributed by atoms with Gasteiger partial charge in [0.2, 0.25) is 0 Å². The highest BCUT2D eigenvalue weighted by Gasteiger charge is 2.20. The molecule has 0 aliphatic carbocycles. The number of carboxylic acids is 1. The van der Waals surface area contributed by atoms with Gasteiger partial charge in [-0.05, 0) is 56.1 Å². The Bertz CT molecular complexity index is 455. The number of aliphatic carboxylic acids is 1. The van der Waals surface area contributed by atoms with Crippen molar-refractivity contribution in [3.63, 3.8) is 0 Å². The minimum atomic E-state index is -0.804. The van der Waals surface area contributed by atoms with Crippen molar-refractivity contribution in [2.24, 2.45) is 0 Å². The second-order valence-electron chi connectivity index (χ2n) is 4.50. The van der Waals surface area contributed by atoms with Crippen LogP contribution in [-0.4, -0.2) is 25.2 Å². The molecule has 0 aromatic heterocycles. The second-order valence-corrected chi connectivity index (χ2v) is 4.50. The Balaban J connectivity index is 3.30. The van der Waals surface area contributed by atoms with E-state index in [1.807, 2.05) is 26.8 Å². The van der Waals surface area contributed by atoms with Crippen molar-refractivity contribution in [2.45, 2.75) is 33.2 Å². The third-order valence-electron chi connectivity index (χ3n) is 3.40. The maximum atomic E-state index is 10.9. The highest BCUT2D eigenvalue weighted by Crippen LogP contribution is 2.32. The predicted molar refractivity (Wildman–Crippen MR) is 71.3 cm³/mol. The van der Waals surface area contributed by atoms with Crippen LogP contribution >= 0.6 is 0 Å². The van der Waals surface area contributed by atoms with E-state index in [9.17, 15) is 4.79 Å². The number of nitrogens with one attached hydrogen (secondary N) is 1. The zero-order chi connectivity index (χ0) is 13.9. The summed E-state index contributed by atoms with van der Waals surface area (Å²) in [6, 6.07) is 1.79. The molecule has 0 fully saturated rings. The van der Waals surface area contributed by atoms with Gasteiger partial charge in [-0.1, -0.05) is 0 Å². The molecule has 100 valence electrons. The third-order valence-corrected chi connectivity index (χ3v) is 3.40. The fraction of sp³-hybridized carbons (Fsp3) is 0.500. The van der Waals surface area contributed by atoms with Gasteiger partial charge >= 0.3 is 5.97 Å². The number of carbonyl (C=O) groups is 1. The minimum absolute atomic E-state index is 0.0734. The lowest BCUT2D eigenvalue weighted by atomic mass is 9.90. The number of aryl methyl sites for hydroxylation is 1. The van der Waals surface area contributed by atoms with Crippen LogP contribution in [0.5, 0.6) is 5.75 Å². The van der Waals surface area contributed by atoms with Crippen molar-refractivity contribution in [3.05, 3.63) is 28.3 Å². The molecule has 0 radical (unpaired) electrons. The molecule has 0 heterocycles. The van der Waals surface area contributed by atoms with E-state index in [4.69, 9.17) is 9.84 Å². The average Bonchev–Trinajstić information content (AvgIpc) is 2.32. The first-order valence-electron chi connectivity index (χ1n) is 5.96. The molecule has 4 nitrogen and oxygen atoms in total. The monoisotopic (exact) mass is 251 g/mol. The average molecular weight is 251 g/mol. The first-order valence-corrected chi connectivity index (χ1v) is 5.96. The number of methoxy groups -OCH3 is 1. The summed E-state index contributed by atoms with van der Waals surface area (Å²) in [6.45, 7) is 5.98. The smallest absolute Gasteiger partial charge is 0.305 e. The molecule has 0 aliphatic heterocycles. The van der Waals surface area contributed by atoms with Gasteiger partial charge in [-0.3, -0.25) is 4.79 Å². The van der Waals surface area contributed by atoms with E-state index in [-0.39, 0.29) is 12.5 Å². The van der Waals surface area contributed by atoms with Gasteiger partial charge in [-0.25, -0.2) is 0 Å². The quantitative estimate of drug-likeness (QED) is 0.843. The minimum Gasteiger partial charge on any atom is -0.496 e. The van der Waals surface area contributed by atoms with Gasteiger partial charge in [0.05, 0.1) is 13.5 Å². The van der Waals surface area contributed by atoms with Crippen LogP contribution < -0.4 is 10.1 Å². The Kier molecular flexibility index (Phi) is 4.73. The Hall–Kier alpha value is -1.55. The molecule has 1 rings (SSSR count). The van der Waals surface area contributed by atoms with Crippen molar-refractivity contribution in [1.29, 1.82) is 0 Å². The lowest BCUT2D eigenvalue weighted by Gasteiger charge is -2.22. The lowest BCUT2D eigenvalue weighted by molar-refractivity contribution is -0.137. The lowest BCUT2D eigenvalue weighted by Crippen LogP contribution is -2.22. The molecule has 0 saturated heterocycles. The Morgan fingerprint density at radius 2 is 2.00 bits per heavy atom. The van der Waals surface area contributed by atoms with Crippen molar-refractivity contribution < 1.29 is 14.6 Å². The highest BCUT2D eigenvalue weighted by molar-refractivity contribution is 5.68. The Labute approximate surface area is 108 Å². The van der Waals surface area contributed by atoms with Gasteiger partial charge in [-0.15, -0.1) is 0 Å². The largest absolute Gasteiger partial charge is 0.496 e. The van der Waals surface area contributed by atoms with Crippen LogP contribution in [0, 0.1) is 20.8 Å². The van der Waals surface area contributed by atoms with Gasteiger partial charge < -0.3 is 15.2 Å². The molecule has 4 heteroatoms. The maximum absolute atomic E-state index is 10.9. The van der Waals surface area contributed by atoms with Crippen LogP contribution in [0.4, 0.5) is 0 Å². The van der Waals surface area contributed by atoms with E-state index in [2.05, 4.69) is 5.32 Å². The zero-order valence-corrected chi connectivity index (χ0v) is 11.6. The van der Waals surface area contributed by atoms with Gasteiger partial charge in [0.1, 0.15) is 5.75 Å². The Morgan fingerprint density at radius 1 is 1.39 bits per heavy atom. The van der Waals surface area contributed by atoms with Crippen LogP contribution in [0.3, 0.4) is 0 Å². The number of hydrogen-bond acceptors (Lipinski definition) is 3.